The fourth-order valence-electron chi connectivity index (χ4n) is 1.84. The average Bonchev–Trinajstić information content (AvgIpc) is 2.89. The van der Waals surface area contributed by atoms with Crippen LogP contribution in [-0.2, 0) is 6.18 Å². The topological polar surface area (TPSA) is 52.3 Å². The number of halogens is 3. The van der Waals surface area contributed by atoms with E-state index in [4.69, 9.17) is 4.74 Å². The van der Waals surface area contributed by atoms with Crippen LogP contribution in [-0.4, -0.2) is 26.5 Å². The predicted octanol–water partition coefficient (Wildman–Crippen LogP) is 2.82. The van der Waals surface area contributed by atoms with E-state index in [1.54, 1.807) is 0 Å². The number of nitrogens with zero attached hydrogens (tertiary/aromatic N) is 4. The molecule has 0 aliphatic rings. The van der Waals surface area contributed by atoms with E-state index < -0.39 is 11.7 Å². The van der Waals surface area contributed by atoms with Crippen LogP contribution in [0.2, 0.25) is 0 Å². The van der Waals surface area contributed by atoms with Crippen LogP contribution in [0.5, 0.6) is 5.88 Å². The zero-order valence-corrected chi connectivity index (χ0v) is 10.8. The highest BCUT2D eigenvalue weighted by Crippen LogP contribution is 2.29. The number of pyridine rings is 1. The van der Waals surface area contributed by atoms with Crippen LogP contribution < -0.4 is 4.74 Å². The first-order valence-corrected chi connectivity index (χ1v) is 5.90. The molecule has 0 saturated heterocycles. The lowest BCUT2D eigenvalue weighted by atomic mass is 10.3. The number of hydrogen-bond acceptors (Lipinski definition) is 4. The third-order valence-electron chi connectivity index (χ3n) is 2.88. The molecule has 0 aromatic carbocycles. The van der Waals surface area contributed by atoms with Gasteiger partial charge >= 0.3 is 6.18 Å². The molecule has 108 valence electrons. The van der Waals surface area contributed by atoms with Gasteiger partial charge < -0.3 is 9.14 Å². The van der Waals surface area contributed by atoms with Gasteiger partial charge in [-0.2, -0.15) is 13.2 Å². The summed E-state index contributed by atoms with van der Waals surface area (Å²) in [4.78, 5) is 12.3. The molecule has 3 rings (SSSR count). The van der Waals surface area contributed by atoms with E-state index in [0.29, 0.717) is 22.9 Å². The third-order valence-corrected chi connectivity index (χ3v) is 2.88. The zero-order chi connectivity index (χ0) is 15.0. The van der Waals surface area contributed by atoms with Crippen molar-refractivity contribution in [2.75, 3.05) is 7.11 Å². The molecular formula is C13H9F3N4O. The summed E-state index contributed by atoms with van der Waals surface area (Å²) in [5.74, 6) is 0.349. The lowest BCUT2D eigenvalue weighted by Crippen LogP contribution is -2.05. The van der Waals surface area contributed by atoms with Gasteiger partial charge in [-0.05, 0) is 12.1 Å². The minimum atomic E-state index is -4.39. The smallest absolute Gasteiger partial charge is 0.417 e. The minimum absolute atomic E-state index is 0.349. The van der Waals surface area contributed by atoms with Gasteiger partial charge in [0.25, 0.3) is 0 Å². The molecule has 5 nitrogen and oxygen atoms in total. The van der Waals surface area contributed by atoms with Crippen LogP contribution in [0.3, 0.4) is 0 Å². The van der Waals surface area contributed by atoms with Crippen LogP contribution in [0.15, 0.2) is 36.9 Å². The van der Waals surface area contributed by atoms with Crippen molar-refractivity contribution in [1.29, 1.82) is 0 Å². The van der Waals surface area contributed by atoms with Crippen molar-refractivity contribution in [1.82, 2.24) is 19.4 Å². The van der Waals surface area contributed by atoms with E-state index in [0.717, 1.165) is 12.3 Å². The van der Waals surface area contributed by atoms with Gasteiger partial charge in [-0.1, -0.05) is 0 Å². The van der Waals surface area contributed by atoms with Crippen molar-refractivity contribution in [3.05, 3.63) is 42.5 Å². The highest BCUT2D eigenvalue weighted by molar-refractivity contribution is 5.58. The molecule has 0 saturated carbocycles. The van der Waals surface area contributed by atoms with Gasteiger partial charge in [0.05, 0.1) is 25.1 Å². The molecule has 0 atom stereocenters. The molecule has 0 amide bonds. The summed E-state index contributed by atoms with van der Waals surface area (Å²) in [5, 5.41) is 0. The van der Waals surface area contributed by atoms with E-state index in [1.807, 2.05) is 0 Å². The molecular weight excluding hydrogens is 285 g/mol. The summed E-state index contributed by atoms with van der Waals surface area (Å²) in [5.41, 5.74) is 0.549. The zero-order valence-electron chi connectivity index (χ0n) is 10.8. The van der Waals surface area contributed by atoms with E-state index in [2.05, 4.69) is 15.0 Å². The first-order valence-electron chi connectivity index (χ1n) is 5.90. The molecule has 21 heavy (non-hydrogen) atoms. The number of aromatic nitrogens is 4. The first-order chi connectivity index (χ1) is 9.97. The summed E-state index contributed by atoms with van der Waals surface area (Å²) in [6.45, 7) is 0. The molecule has 0 spiro atoms. The molecule has 0 fully saturated rings. The fourth-order valence-corrected chi connectivity index (χ4v) is 1.84. The van der Waals surface area contributed by atoms with Gasteiger partial charge in [0, 0.05) is 12.4 Å². The molecule has 3 heterocycles. The summed E-state index contributed by atoms with van der Waals surface area (Å²) in [6.07, 6.45) is 0.939. The Labute approximate surface area is 117 Å². The van der Waals surface area contributed by atoms with Gasteiger partial charge in [-0.3, -0.25) is 0 Å². The van der Waals surface area contributed by atoms with E-state index >= 15 is 0 Å². The van der Waals surface area contributed by atoms with E-state index in [9.17, 15) is 13.2 Å². The second kappa shape index (κ2) is 4.72. The molecule has 0 radical (unpaired) electrons. The van der Waals surface area contributed by atoms with Crippen molar-refractivity contribution in [3.8, 4) is 17.3 Å². The monoisotopic (exact) mass is 294 g/mol. The van der Waals surface area contributed by atoms with Gasteiger partial charge in [0.1, 0.15) is 17.0 Å². The predicted molar refractivity (Wildman–Crippen MR) is 67.8 cm³/mol. The van der Waals surface area contributed by atoms with Crippen molar-refractivity contribution >= 4 is 5.65 Å². The Morgan fingerprint density at radius 2 is 1.86 bits per heavy atom. The van der Waals surface area contributed by atoms with Gasteiger partial charge in [0.15, 0.2) is 0 Å². The van der Waals surface area contributed by atoms with Crippen molar-refractivity contribution < 1.29 is 17.9 Å². The molecule has 0 bridgehead atoms. The molecule has 0 aliphatic carbocycles. The Balaban J connectivity index is 2.04. The Kier molecular flexibility index (Phi) is 3.00. The number of ether oxygens (including phenoxy) is 1. The Hall–Kier alpha value is -2.64. The van der Waals surface area contributed by atoms with Crippen molar-refractivity contribution in [2.24, 2.45) is 0 Å². The highest BCUT2D eigenvalue weighted by Gasteiger charge is 2.30. The highest BCUT2D eigenvalue weighted by atomic mass is 19.4. The lowest BCUT2D eigenvalue weighted by Gasteiger charge is -2.05. The van der Waals surface area contributed by atoms with Gasteiger partial charge in [-0.15, -0.1) is 0 Å². The van der Waals surface area contributed by atoms with Crippen molar-refractivity contribution in [3.63, 3.8) is 0 Å². The number of rotatable bonds is 2. The number of fused-ring (bicyclic) bond motifs is 1. The standard InChI is InChI=1S/C13H9F3N4O/c1-21-12-5-17-9(4-18-12)10-7-20-6-8(13(14,15)16)2-3-11(20)19-10/h2-7H,1H3. The summed E-state index contributed by atoms with van der Waals surface area (Å²) < 4.78 is 44.2. The maximum Gasteiger partial charge on any atom is 0.417 e. The SMILES string of the molecule is COc1cnc(-c2cn3cc(C(F)(F)F)ccc3n2)cn1. The average molecular weight is 294 g/mol. The Bertz CT molecular complexity index is 780. The van der Waals surface area contributed by atoms with Crippen LogP contribution >= 0.6 is 0 Å². The van der Waals surface area contributed by atoms with Gasteiger partial charge in [-0.25, -0.2) is 15.0 Å². The number of hydrogen-bond donors (Lipinski definition) is 0. The van der Waals surface area contributed by atoms with Crippen molar-refractivity contribution in [2.45, 2.75) is 6.18 Å². The Morgan fingerprint density at radius 3 is 2.48 bits per heavy atom. The second-order valence-corrected chi connectivity index (χ2v) is 4.25. The maximum atomic E-state index is 12.7. The lowest BCUT2D eigenvalue weighted by molar-refractivity contribution is -0.137. The number of imidazole rings is 1. The fraction of sp³-hybridized carbons (Fsp3) is 0.154. The van der Waals surface area contributed by atoms with Crippen LogP contribution in [0.4, 0.5) is 13.2 Å². The Morgan fingerprint density at radius 1 is 1.05 bits per heavy atom. The largest absolute Gasteiger partial charge is 0.480 e. The van der Waals surface area contributed by atoms with E-state index in [-0.39, 0.29) is 0 Å². The first kappa shape index (κ1) is 13.3. The van der Waals surface area contributed by atoms with Gasteiger partial charge in [0.2, 0.25) is 5.88 Å². The maximum absolute atomic E-state index is 12.7. The van der Waals surface area contributed by atoms with Crippen LogP contribution in [0.25, 0.3) is 17.0 Å². The normalized spacial score (nSPS) is 11.8. The quantitative estimate of drug-likeness (QED) is 0.729. The number of alkyl halides is 3. The third kappa shape index (κ3) is 2.51. The van der Waals surface area contributed by atoms with Crippen LogP contribution in [0.1, 0.15) is 5.56 Å². The summed E-state index contributed by atoms with van der Waals surface area (Å²) in [7, 11) is 1.47. The molecule has 8 heteroatoms. The minimum Gasteiger partial charge on any atom is -0.480 e. The van der Waals surface area contributed by atoms with E-state index in [1.165, 1.54) is 36.2 Å². The summed E-state index contributed by atoms with van der Waals surface area (Å²) >= 11 is 0. The molecule has 0 unspecified atom stereocenters. The second-order valence-electron chi connectivity index (χ2n) is 4.25. The molecule has 0 aliphatic heterocycles. The summed E-state index contributed by atoms with van der Waals surface area (Å²) in [6, 6.07) is 2.30. The molecule has 3 aromatic heterocycles. The van der Waals surface area contributed by atoms with Crippen LogP contribution in [0, 0.1) is 0 Å². The molecule has 3 aromatic rings. The number of methoxy groups -OCH3 is 1. The molecule has 0 N–H and O–H groups in total.